The number of nitrogens with one attached hydrogen (secondary N) is 2. The molecule has 0 unspecified atom stereocenters. The molecule has 3 rings (SSSR count). The van der Waals surface area contributed by atoms with Gasteiger partial charge in [-0.15, -0.1) is 0 Å². The van der Waals surface area contributed by atoms with E-state index in [2.05, 4.69) is 9.97 Å². The van der Waals surface area contributed by atoms with Crippen LogP contribution in [0.5, 0.6) is 0 Å². The number of carbonyl (C=O) groups is 1. The number of H-pyrrole nitrogens is 1. The van der Waals surface area contributed by atoms with E-state index in [0.29, 0.717) is 0 Å². The molecule has 9 heteroatoms. The summed E-state index contributed by atoms with van der Waals surface area (Å²) in [4.78, 5) is 19.1. The van der Waals surface area contributed by atoms with Gasteiger partial charge in [0.05, 0.1) is 29.4 Å². The predicted molar refractivity (Wildman–Crippen MR) is 97.4 cm³/mol. The number of fused-ring (bicyclic) bond motifs is 1. The van der Waals surface area contributed by atoms with Gasteiger partial charge in [0.15, 0.2) is 5.82 Å². The molecular formula is C18H17F2N3O3S. The number of benzene rings is 1. The van der Waals surface area contributed by atoms with E-state index >= 15 is 8.78 Å². The maximum Gasteiger partial charge on any atom is 0.232 e. The van der Waals surface area contributed by atoms with Crippen molar-refractivity contribution in [3.05, 3.63) is 58.8 Å². The monoisotopic (exact) mass is 406 g/mol. The highest BCUT2D eigenvalue weighted by Gasteiger charge is 2.27. The summed E-state index contributed by atoms with van der Waals surface area (Å²) in [6, 6.07) is -4.05. The topological polar surface area (TPSA) is 91.9 Å². The van der Waals surface area contributed by atoms with Gasteiger partial charge in [0.25, 0.3) is 0 Å². The first-order valence-corrected chi connectivity index (χ1v) is 8.46. The van der Waals surface area contributed by atoms with E-state index in [1.54, 1.807) is 0 Å². The third kappa shape index (κ3) is 3.68. The molecule has 0 atom stereocenters. The zero-order chi connectivity index (χ0) is 30.9. The molecule has 2 heterocycles. The smallest absolute Gasteiger partial charge is 0.232 e. The Morgan fingerprint density at radius 3 is 3.00 bits per heavy atom. The Hall–Kier alpha value is -2.81. The normalized spacial score (nSPS) is 20.1. The van der Waals surface area contributed by atoms with Crippen LogP contribution in [0.2, 0.25) is 0 Å². The van der Waals surface area contributed by atoms with Crippen LogP contribution in [0.3, 0.4) is 0 Å². The predicted octanol–water partition coefficient (Wildman–Crippen LogP) is 3.48. The molecule has 1 aromatic rings. The number of ketones is 1. The highest BCUT2D eigenvalue weighted by molar-refractivity contribution is 7.92. The number of hydrogen-bond acceptors (Lipinski definition) is 4. The quantitative estimate of drug-likeness (QED) is 0.613. The summed E-state index contributed by atoms with van der Waals surface area (Å²) >= 11 is 0. The molecule has 2 N–H and O–H groups in total. The molecular weight excluding hydrogens is 376 g/mol. The lowest BCUT2D eigenvalue weighted by Gasteiger charge is -2.11. The first-order chi connectivity index (χ1) is 17.9. The fourth-order valence-electron chi connectivity index (χ4n) is 2.11. The van der Waals surface area contributed by atoms with Gasteiger partial charge in [0, 0.05) is 28.9 Å². The van der Waals surface area contributed by atoms with Crippen LogP contribution in [0.25, 0.3) is 11.4 Å². The van der Waals surface area contributed by atoms with Gasteiger partial charge in [0.2, 0.25) is 15.8 Å². The van der Waals surface area contributed by atoms with Crippen LogP contribution in [-0.2, 0) is 10.0 Å². The molecule has 142 valence electrons. The first-order valence-electron chi connectivity index (χ1n) is 13.5. The minimum Gasteiger partial charge on any atom is -0.346 e. The molecule has 0 fully saturated rings. The summed E-state index contributed by atoms with van der Waals surface area (Å²) in [5, 5.41) is 0. The van der Waals surface area contributed by atoms with Crippen LogP contribution in [0.1, 0.15) is 52.6 Å². The summed E-state index contributed by atoms with van der Waals surface area (Å²) in [6.07, 6.45) is -3.45. The fourth-order valence-corrected chi connectivity index (χ4v) is 2.78. The third-order valence-corrected chi connectivity index (χ3v) is 4.23. The van der Waals surface area contributed by atoms with Crippen LogP contribution in [0, 0.1) is 18.5 Å². The Morgan fingerprint density at radius 1 is 1.44 bits per heavy atom. The number of sulfonamides is 1. The minimum atomic E-state index is -5.51. The first kappa shape index (κ1) is 8.47. The second-order valence-corrected chi connectivity index (χ2v) is 6.46. The molecule has 0 aliphatic carbocycles. The number of aromatic nitrogens is 2. The third-order valence-electron chi connectivity index (χ3n) is 3.23. The van der Waals surface area contributed by atoms with Gasteiger partial charge in [-0.1, -0.05) is 6.85 Å². The van der Waals surface area contributed by atoms with Crippen molar-refractivity contribution >= 4 is 21.5 Å². The zero-order valence-corrected chi connectivity index (χ0v) is 13.9. The maximum absolute atomic E-state index is 15.6. The van der Waals surface area contributed by atoms with Crippen LogP contribution in [0.15, 0.2) is 30.5 Å². The van der Waals surface area contributed by atoms with Crippen molar-refractivity contribution in [3.63, 3.8) is 0 Å². The van der Waals surface area contributed by atoms with Crippen molar-refractivity contribution in [2.75, 3.05) is 10.4 Å². The Morgan fingerprint density at radius 2 is 2.26 bits per heavy atom. The Bertz CT molecular complexity index is 1620. The molecule has 1 aromatic carbocycles. The van der Waals surface area contributed by atoms with Gasteiger partial charge in [-0.3, -0.25) is 9.52 Å². The molecule has 2 aliphatic heterocycles. The Labute approximate surface area is 173 Å². The van der Waals surface area contributed by atoms with Crippen molar-refractivity contribution in [3.8, 4) is 11.4 Å². The molecule has 0 saturated carbocycles. The van der Waals surface area contributed by atoms with Crippen LogP contribution < -0.4 is 4.72 Å². The molecule has 27 heavy (non-hydrogen) atoms. The summed E-state index contributed by atoms with van der Waals surface area (Å²) in [7, 11) is -5.51. The molecule has 6 nitrogen and oxygen atoms in total. The number of carbonyl (C=O) groups excluding carboxylic acids is 1. The second-order valence-electron chi connectivity index (χ2n) is 4.96. The summed E-state index contributed by atoms with van der Waals surface area (Å²) in [5.41, 5.74) is -9.63. The zero-order valence-electron chi connectivity index (χ0n) is 26.0. The SMILES string of the molecule is [2H]c1nc2[nH]c([2H])c(C([2H])([2H])[2H])c([2H])c-2c1C(=O)c1c(F)c([2H])c([2H])c(NS(=O)(=O)C([2H])([2H])CC([2H])([2H])[2H])c1F. The second kappa shape index (κ2) is 7.07. The number of halogens is 2. The molecule has 0 radical (unpaired) electrons. The van der Waals surface area contributed by atoms with Gasteiger partial charge in [-0.25, -0.2) is 22.2 Å². The van der Waals surface area contributed by atoms with E-state index in [4.69, 9.17) is 17.8 Å². The lowest BCUT2D eigenvalue weighted by Crippen LogP contribution is -2.18. The van der Waals surface area contributed by atoms with Gasteiger partial charge in [-0.05, 0) is 37.0 Å². The lowest BCUT2D eigenvalue weighted by atomic mass is 9.99. The standard InChI is InChI=1S/C18H17F2N3O3S/c1-3-6-27(25,26)23-14-5-4-13(19)15(16(14)20)17(24)12-9-22-18-11(12)7-10(2)8-21-18/h4-5,7-9,23H,3,6H2,1-2H3,(H,21,22)/i1D3,2D3,4D,5D,6D2,7D,8D,9D. The lowest BCUT2D eigenvalue weighted by molar-refractivity contribution is 0.103. The highest BCUT2D eigenvalue weighted by atomic mass is 32.2. The minimum absolute atomic E-state index is 0.542. The maximum atomic E-state index is 15.6. The average Bonchev–Trinajstić information content (AvgIpc) is 3.08. The van der Waals surface area contributed by atoms with E-state index in [-0.39, 0.29) is 0 Å². The van der Waals surface area contributed by atoms with E-state index in [9.17, 15) is 13.2 Å². The number of hydrogen-bond donors (Lipinski definition) is 2. The molecule has 0 aromatic heterocycles. The molecule has 0 saturated heterocycles. The number of nitrogens with zero attached hydrogens (tertiary/aromatic N) is 1. The largest absolute Gasteiger partial charge is 0.346 e. The van der Waals surface area contributed by atoms with Gasteiger partial charge in [0.1, 0.15) is 11.6 Å². The number of rotatable bonds is 6. The number of aromatic amines is 1. The average molecular weight is 406 g/mol. The van der Waals surface area contributed by atoms with E-state index in [1.165, 1.54) is 4.72 Å². The van der Waals surface area contributed by atoms with Crippen molar-refractivity contribution in [1.29, 1.82) is 0 Å². The Kier molecular flexibility index (Phi) is 2.22. The molecule has 0 amide bonds. The van der Waals surface area contributed by atoms with E-state index in [1.807, 2.05) is 0 Å². The van der Waals surface area contributed by atoms with Crippen LogP contribution in [-0.4, -0.2) is 29.9 Å². The molecule has 0 spiro atoms. The number of anilines is 1. The number of pyridine rings is 1. The summed E-state index contributed by atoms with van der Waals surface area (Å²) in [5.74, 6) is -6.52. The van der Waals surface area contributed by atoms with Crippen LogP contribution in [0.4, 0.5) is 14.5 Å². The molecule has 0 bridgehead atoms. The molecule has 2 aliphatic rings. The van der Waals surface area contributed by atoms with Crippen molar-refractivity contribution < 1.29 is 39.8 Å². The fraction of sp³-hybridized carbons (Fsp3) is 0.222. The Balaban J connectivity index is 2.29. The summed E-state index contributed by atoms with van der Waals surface area (Å²) < 4.78 is 156. The van der Waals surface area contributed by atoms with Gasteiger partial charge in [-0.2, -0.15) is 0 Å². The highest BCUT2D eigenvalue weighted by Crippen LogP contribution is 2.30. The van der Waals surface area contributed by atoms with Gasteiger partial charge >= 0.3 is 0 Å². The van der Waals surface area contributed by atoms with Crippen molar-refractivity contribution in [2.24, 2.45) is 0 Å². The van der Waals surface area contributed by atoms with Crippen molar-refractivity contribution in [1.82, 2.24) is 9.97 Å². The van der Waals surface area contributed by atoms with Gasteiger partial charge < -0.3 is 4.98 Å². The van der Waals surface area contributed by atoms with Crippen LogP contribution >= 0.6 is 0 Å². The summed E-state index contributed by atoms with van der Waals surface area (Å²) in [6.45, 7) is -6.21. The van der Waals surface area contributed by atoms with E-state index < -0.39 is 118 Å². The van der Waals surface area contributed by atoms with Crippen molar-refractivity contribution in [2.45, 2.75) is 20.1 Å². The van der Waals surface area contributed by atoms with E-state index in [0.717, 1.165) is 0 Å².